The van der Waals surface area contributed by atoms with Gasteiger partial charge in [-0.2, -0.15) is 9.13 Å². The fourth-order valence-electron chi connectivity index (χ4n) is 1.77. The predicted molar refractivity (Wildman–Crippen MR) is 64.7 cm³/mol. The molecule has 92 valence electrons. The zero-order chi connectivity index (χ0) is 13.0. The number of nitrogens with zero attached hydrogens (tertiary/aromatic N) is 2. The summed E-state index contributed by atoms with van der Waals surface area (Å²) in [5.74, 6) is -0.315. The molecule has 0 aliphatic rings. The van der Waals surface area contributed by atoms with E-state index in [0.717, 1.165) is 12.2 Å². The first-order chi connectivity index (χ1) is 8.70. The summed E-state index contributed by atoms with van der Waals surface area (Å²) in [6.07, 6.45) is 5.80. The van der Waals surface area contributed by atoms with Crippen LogP contribution in [-0.4, -0.2) is 13.1 Å². The van der Waals surface area contributed by atoms with Crippen LogP contribution in [0.25, 0.3) is 0 Å². The minimum absolute atomic E-state index is 0.315. The Hall–Kier alpha value is -2.23. The summed E-state index contributed by atoms with van der Waals surface area (Å²) >= 11 is 0. The monoisotopic (exact) mass is 244 g/mol. The van der Waals surface area contributed by atoms with Crippen LogP contribution >= 0.6 is 0 Å². The molecule has 18 heavy (non-hydrogen) atoms. The van der Waals surface area contributed by atoms with Crippen LogP contribution in [-0.2, 0) is 18.3 Å². The number of hydrogen-bond acceptors (Lipinski definition) is 2. The fourth-order valence-corrected chi connectivity index (χ4v) is 1.77. The van der Waals surface area contributed by atoms with E-state index in [9.17, 15) is 4.79 Å². The summed E-state index contributed by atoms with van der Waals surface area (Å²) in [5.41, 5.74) is 1.67. The molecule has 4 heteroatoms. The molecule has 0 aromatic carbocycles. The third kappa shape index (κ3) is 2.71. The van der Waals surface area contributed by atoms with E-state index in [4.69, 9.17) is 4.74 Å². The highest BCUT2D eigenvalue weighted by Gasteiger charge is 2.16. The van der Waals surface area contributed by atoms with Crippen molar-refractivity contribution in [1.82, 2.24) is 0 Å². The molecule has 0 bridgehead atoms. The van der Waals surface area contributed by atoms with Crippen molar-refractivity contribution in [2.45, 2.75) is 6.54 Å². The van der Waals surface area contributed by atoms with Crippen molar-refractivity contribution >= 4 is 5.97 Å². The second-order valence-electron chi connectivity index (χ2n) is 4.06. The van der Waals surface area contributed by atoms with E-state index >= 15 is 0 Å². The topological polar surface area (TPSA) is 34.1 Å². The van der Waals surface area contributed by atoms with Gasteiger partial charge in [-0.3, -0.25) is 0 Å². The van der Waals surface area contributed by atoms with Gasteiger partial charge in [0.1, 0.15) is 12.6 Å². The van der Waals surface area contributed by atoms with Crippen LogP contribution in [0.15, 0.2) is 48.9 Å². The van der Waals surface area contributed by atoms with Crippen LogP contribution in [0.3, 0.4) is 0 Å². The Morgan fingerprint density at radius 2 is 1.94 bits per heavy atom. The van der Waals surface area contributed by atoms with Gasteiger partial charge in [-0.25, -0.2) is 4.79 Å². The first kappa shape index (κ1) is 12.2. The number of rotatable bonds is 3. The summed E-state index contributed by atoms with van der Waals surface area (Å²) < 4.78 is 8.71. The van der Waals surface area contributed by atoms with E-state index in [1.807, 2.05) is 48.3 Å². The molecule has 0 atom stereocenters. The molecule has 0 amide bonds. The second-order valence-corrected chi connectivity index (χ2v) is 4.06. The molecule has 0 N–H and O–H groups in total. The quantitative estimate of drug-likeness (QED) is 0.586. The van der Waals surface area contributed by atoms with Gasteiger partial charge in [0.05, 0.1) is 7.11 Å². The Morgan fingerprint density at radius 1 is 1.22 bits per heavy atom. The lowest BCUT2D eigenvalue weighted by molar-refractivity contribution is -0.738. The SMILES string of the molecule is COC(=O)c1ccc(C[n+]2ccccc2)[n+](C)c1. The molecular formula is C14H16N2O2+2. The van der Waals surface area contributed by atoms with Gasteiger partial charge in [-0.15, -0.1) is 0 Å². The van der Waals surface area contributed by atoms with Crippen LogP contribution in [0, 0.1) is 0 Å². The normalized spacial score (nSPS) is 10.1. The summed E-state index contributed by atoms with van der Waals surface area (Å²) in [7, 11) is 3.31. The fraction of sp³-hybridized carbons (Fsp3) is 0.214. The van der Waals surface area contributed by atoms with Gasteiger partial charge in [0.2, 0.25) is 12.2 Å². The summed E-state index contributed by atoms with van der Waals surface area (Å²) in [6.45, 7) is 0.763. The van der Waals surface area contributed by atoms with Crippen LogP contribution in [0.2, 0.25) is 0 Å². The van der Waals surface area contributed by atoms with Gasteiger partial charge in [-0.05, 0) is 6.07 Å². The van der Waals surface area contributed by atoms with E-state index in [-0.39, 0.29) is 5.97 Å². The molecule has 0 fully saturated rings. The molecule has 0 saturated heterocycles. The standard InChI is InChI=1S/C14H16N2O2/c1-15-10-12(14(17)18-2)6-7-13(15)11-16-8-4-3-5-9-16/h3-10H,11H2,1-2H3/q+2. The highest BCUT2D eigenvalue weighted by molar-refractivity contribution is 5.88. The molecule has 0 radical (unpaired) electrons. The predicted octanol–water partition coefficient (Wildman–Crippen LogP) is 0.633. The molecule has 0 saturated carbocycles. The number of methoxy groups -OCH3 is 1. The molecule has 0 unspecified atom stereocenters. The molecule has 0 aliphatic heterocycles. The van der Waals surface area contributed by atoms with Crippen LogP contribution in [0.5, 0.6) is 0 Å². The Labute approximate surface area is 106 Å². The number of aromatic nitrogens is 2. The van der Waals surface area contributed by atoms with Crippen molar-refractivity contribution in [3.05, 3.63) is 60.2 Å². The molecular weight excluding hydrogens is 228 g/mol. The van der Waals surface area contributed by atoms with E-state index < -0.39 is 0 Å². The highest BCUT2D eigenvalue weighted by Crippen LogP contribution is 2.00. The molecule has 0 aliphatic carbocycles. The van der Waals surface area contributed by atoms with Gasteiger partial charge in [0, 0.05) is 18.2 Å². The Morgan fingerprint density at radius 3 is 2.56 bits per heavy atom. The minimum Gasteiger partial charge on any atom is -0.465 e. The van der Waals surface area contributed by atoms with Crippen molar-refractivity contribution in [3.63, 3.8) is 0 Å². The smallest absolute Gasteiger partial charge is 0.343 e. The molecule has 4 nitrogen and oxygen atoms in total. The molecule has 2 aromatic heterocycles. The van der Waals surface area contributed by atoms with Gasteiger partial charge in [0.15, 0.2) is 18.6 Å². The molecule has 2 heterocycles. The highest BCUT2D eigenvalue weighted by atomic mass is 16.5. The number of carbonyl (C=O) groups is 1. The van der Waals surface area contributed by atoms with Crippen LogP contribution in [0.4, 0.5) is 0 Å². The number of carbonyl (C=O) groups excluding carboxylic acids is 1. The number of pyridine rings is 2. The third-order valence-electron chi connectivity index (χ3n) is 2.78. The first-order valence-corrected chi connectivity index (χ1v) is 5.71. The average Bonchev–Trinajstić information content (AvgIpc) is 2.41. The number of ether oxygens (including phenoxy) is 1. The average molecular weight is 244 g/mol. The third-order valence-corrected chi connectivity index (χ3v) is 2.78. The number of aryl methyl sites for hydroxylation is 1. The first-order valence-electron chi connectivity index (χ1n) is 5.71. The van der Waals surface area contributed by atoms with Crippen LogP contribution < -0.4 is 9.13 Å². The lowest BCUT2D eigenvalue weighted by Gasteiger charge is -2.00. The van der Waals surface area contributed by atoms with Crippen molar-refractivity contribution in [2.75, 3.05) is 7.11 Å². The summed E-state index contributed by atoms with van der Waals surface area (Å²) in [4.78, 5) is 11.4. The van der Waals surface area contributed by atoms with Gasteiger partial charge in [0.25, 0.3) is 0 Å². The molecule has 2 aromatic rings. The second kappa shape index (κ2) is 5.40. The Balaban J connectivity index is 2.23. The Bertz CT molecular complexity index is 553. The molecule has 2 rings (SSSR count). The maximum absolute atomic E-state index is 11.4. The maximum Gasteiger partial charge on any atom is 0.343 e. The van der Waals surface area contributed by atoms with Gasteiger partial charge >= 0.3 is 5.97 Å². The van der Waals surface area contributed by atoms with E-state index in [1.165, 1.54) is 7.11 Å². The van der Waals surface area contributed by atoms with Crippen molar-refractivity contribution in [2.24, 2.45) is 7.05 Å². The van der Waals surface area contributed by atoms with E-state index in [2.05, 4.69) is 4.57 Å². The van der Waals surface area contributed by atoms with Crippen molar-refractivity contribution < 1.29 is 18.7 Å². The van der Waals surface area contributed by atoms with E-state index in [1.54, 1.807) is 12.3 Å². The summed E-state index contributed by atoms with van der Waals surface area (Å²) in [6, 6.07) is 9.68. The van der Waals surface area contributed by atoms with E-state index in [0.29, 0.717) is 5.56 Å². The maximum atomic E-state index is 11.4. The van der Waals surface area contributed by atoms with Crippen molar-refractivity contribution in [3.8, 4) is 0 Å². The zero-order valence-electron chi connectivity index (χ0n) is 10.5. The lowest BCUT2D eigenvalue weighted by Crippen LogP contribution is -2.42. The lowest BCUT2D eigenvalue weighted by atomic mass is 10.2. The molecule has 0 spiro atoms. The number of hydrogen-bond donors (Lipinski definition) is 0. The van der Waals surface area contributed by atoms with Gasteiger partial charge in [-0.1, -0.05) is 6.07 Å². The Kier molecular flexibility index (Phi) is 3.67. The van der Waals surface area contributed by atoms with Crippen molar-refractivity contribution in [1.29, 1.82) is 0 Å². The number of esters is 1. The van der Waals surface area contributed by atoms with Crippen LogP contribution in [0.1, 0.15) is 16.1 Å². The summed E-state index contributed by atoms with van der Waals surface area (Å²) in [5, 5.41) is 0. The zero-order valence-corrected chi connectivity index (χ0v) is 10.5. The minimum atomic E-state index is -0.315. The largest absolute Gasteiger partial charge is 0.465 e. The van der Waals surface area contributed by atoms with Gasteiger partial charge < -0.3 is 4.74 Å².